The molecule has 0 aliphatic heterocycles. The van der Waals surface area contributed by atoms with Crippen LogP contribution >= 0.6 is 15.9 Å². The SMILES string of the molecule is CCCNCc1ccnn1Cc1cccc(F)c1Br. The summed E-state index contributed by atoms with van der Waals surface area (Å²) in [5.41, 5.74) is 1.99. The maximum atomic E-state index is 13.5. The lowest BCUT2D eigenvalue weighted by molar-refractivity contribution is 0.583. The highest BCUT2D eigenvalue weighted by molar-refractivity contribution is 9.10. The minimum absolute atomic E-state index is 0.240. The summed E-state index contributed by atoms with van der Waals surface area (Å²) in [4.78, 5) is 0. The largest absolute Gasteiger partial charge is 0.311 e. The normalized spacial score (nSPS) is 10.9. The van der Waals surface area contributed by atoms with Gasteiger partial charge in [-0.05, 0) is 46.6 Å². The van der Waals surface area contributed by atoms with Crippen molar-refractivity contribution in [3.8, 4) is 0 Å². The van der Waals surface area contributed by atoms with E-state index in [0.717, 1.165) is 30.8 Å². The zero-order valence-corrected chi connectivity index (χ0v) is 12.5. The van der Waals surface area contributed by atoms with Gasteiger partial charge >= 0.3 is 0 Å². The van der Waals surface area contributed by atoms with E-state index in [-0.39, 0.29) is 5.82 Å². The van der Waals surface area contributed by atoms with Gasteiger partial charge in [0.15, 0.2) is 0 Å². The lowest BCUT2D eigenvalue weighted by atomic mass is 10.2. The van der Waals surface area contributed by atoms with Crippen molar-refractivity contribution in [2.24, 2.45) is 0 Å². The van der Waals surface area contributed by atoms with Crippen molar-refractivity contribution in [1.29, 1.82) is 0 Å². The van der Waals surface area contributed by atoms with Gasteiger partial charge in [0.25, 0.3) is 0 Å². The van der Waals surface area contributed by atoms with Crippen LogP contribution < -0.4 is 5.32 Å². The second-order valence-corrected chi connectivity index (χ2v) is 5.16. The molecule has 1 N–H and O–H groups in total. The Morgan fingerprint density at radius 3 is 3.00 bits per heavy atom. The number of hydrogen-bond acceptors (Lipinski definition) is 2. The Kier molecular flexibility index (Phi) is 5.10. The fraction of sp³-hybridized carbons (Fsp3) is 0.357. The second-order valence-electron chi connectivity index (χ2n) is 4.37. The summed E-state index contributed by atoms with van der Waals surface area (Å²) in [5, 5.41) is 7.64. The number of benzene rings is 1. The Morgan fingerprint density at radius 2 is 2.21 bits per heavy atom. The number of halogens is 2. The molecule has 0 aliphatic carbocycles. The summed E-state index contributed by atoms with van der Waals surface area (Å²) < 4.78 is 15.9. The van der Waals surface area contributed by atoms with E-state index in [0.29, 0.717) is 11.0 Å². The Hall–Kier alpha value is -1.20. The Balaban J connectivity index is 2.11. The molecule has 0 amide bonds. The van der Waals surface area contributed by atoms with Gasteiger partial charge in [-0.15, -0.1) is 0 Å². The average Bonchev–Trinajstić information content (AvgIpc) is 2.83. The van der Waals surface area contributed by atoms with E-state index in [2.05, 4.69) is 33.3 Å². The summed E-state index contributed by atoms with van der Waals surface area (Å²) in [6.07, 6.45) is 2.87. The van der Waals surface area contributed by atoms with Gasteiger partial charge in [-0.1, -0.05) is 19.1 Å². The lowest BCUT2D eigenvalue weighted by Gasteiger charge is -2.10. The van der Waals surface area contributed by atoms with Crippen LogP contribution in [0.4, 0.5) is 4.39 Å². The van der Waals surface area contributed by atoms with Gasteiger partial charge < -0.3 is 5.32 Å². The molecule has 0 saturated heterocycles. The predicted octanol–water partition coefficient (Wildman–Crippen LogP) is 3.33. The first-order valence-electron chi connectivity index (χ1n) is 6.36. The van der Waals surface area contributed by atoms with Crippen LogP contribution in [0.2, 0.25) is 0 Å². The van der Waals surface area contributed by atoms with E-state index in [4.69, 9.17) is 0 Å². The van der Waals surface area contributed by atoms with E-state index in [1.807, 2.05) is 16.8 Å². The van der Waals surface area contributed by atoms with Crippen molar-refractivity contribution >= 4 is 15.9 Å². The molecule has 1 aromatic heterocycles. The third-order valence-electron chi connectivity index (χ3n) is 2.89. The van der Waals surface area contributed by atoms with Crippen molar-refractivity contribution in [1.82, 2.24) is 15.1 Å². The van der Waals surface area contributed by atoms with E-state index < -0.39 is 0 Å². The number of rotatable bonds is 6. The molecular weight excluding hydrogens is 309 g/mol. The number of aromatic nitrogens is 2. The molecule has 3 nitrogen and oxygen atoms in total. The summed E-state index contributed by atoms with van der Waals surface area (Å²) in [6, 6.07) is 7.04. The Morgan fingerprint density at radius 1 is 1.37 bits per heavy atom. The number of hydrogen-bond donors (Lipinski definition) is 1. The fourth-order valence-electron chi connectivity index (χ4n) is 1.88. The smallest absolute Gasteiger partial charge is 0.137 e. The first-order chi connectivity index (χ1) is 9.22. The highest BCUT2D eigenvalue weighted by atomic mass is 79.9. The van der Waals surface area contributed by atoms with Gasteiger partial charge in [0.2, 0.25) is 0 Å². The molecule has 0 aliphatic rings. The highest BCUT2D eigenvalue weighted by Crippen LogP contribution is 2.21. The van der Waals surface area contributed by atoms with E-state index in [1.165, 1.54) is 6.07 Å². The van der Waals surface area contributed by atoms with Crippen LogP contribution in [0.1, 0.15) is 24.6 Å². The average molecular weight is 326 g/mol. The minimum atomic E-state index is -0.240. The van der Waals surface area contributed by atoms with Gasteiger partial charge in [-0.3, -0.25) is 4.68 Å². The van der Waals surface area contributed by atoms with Crippen LogP contribution in [0.15, 0.2) is 34.9 Å². The molecule has 2 rings (SSSR count). The topological polar surface area (TPSA) is 29.9 Å². The minimum Gasteiger partial charge on any atom is -0.311 e. The molecule has 102 valence electrons. The third-order valence-corrected chi connectivity index (χ3v) is 3.78. The highest BCUT2D eigenvalue weighted by Gasteiger charge is 2.08. The van der Waals surface area contributed by atoms with Gasteiger partial charge in [0, 0.05) is 12.7 Å². The van der Waals surface area contributed by atoms with Crippen molar-refractivity contribution < 1.29 is 4.39 Å². The molecule has 5 heteroatoms. The van der Waals surface area contributed by atoms with Gasteiger partial charge in [0.05, 0.1) is 16.7 Å². The van der Waals surface area contributed by atoms with Crippen molar-refractivity contribution in [3.63, 3.8) is 0 Å². The molecule has 0 radical (unpaired) electrons. The van der Waals surface area contributed by atoms with Crippen LogP contribution in [0.25, 0.3) is 0 Å². The molecule has 1 aromatic carbocycles. The van der Waals surface area contributed by atoms with Gasteiger partial charge in [-0.2, -0.15) is 5.10 Å². The van der Waals surface area contributed by atoms with Crippen LogP contribution in [-0.4, -0.2) is 16.3 Å². The molecule has 19 heavy (non-hydrogen) atoms. The van der Waals surface area contributed by atoms with Gasteiger partial charge in [0.1, 0.15) is 5.82 Å². The van der Waals surface area contributed by atoms with Crippen LogP contribution in [0.3, 0.4) is 0 Å². The maximum absolute atomic E-state index is 13.5. The van der Waals surface area contributed by atoms with Crippen LogP contribution in [-0.2, 0) is 13.1 Å². The van der Waals surface area contributed by atoms with E-state index in [1.54, 1.807) is 12.3 Å². The van der Waals surface area contributed by atoms with Crippen LogP contribution in [0, 0.1) is 5.82 Å². The summed E-state index contributed by atoms with van der Waals surface area (Å²) in [5.74, 6) is -0.240. The standard InChI is InChI=1S/C14H17BrFN3/c1-2-7-17-9-12-6-8-18-19(12)10-11-4-3-5-13(16)14(11)15/h3-6,8,17H,2,7,9-10H2,1H3. The molecule has 0 atom stereocenters. The quantitative estimate of drug-likeness (QED) is 0.825. The maximum Gasteiger partial charge on any atom is 0.137 e. The number of nitrogens with one attached hydrogen (secondary N) is 1. The summed E-state index contributed by atoms with van der Waals surface area (Å²) in [7, 11) is 0. The van der Waals surface area contributed by atoms with Crippen LogP contribution in [0.5, 0.6) is 0 Å². The molecule has 1 heterocycles. The van der Waals surface area contributed by atoms with Crippen molar-refractivity contribution in [2.45, 2.75) is 26.4 Å². The zero-order valence-electron chi connectivity index (χ0n) is 10.9. The van der Waals surface area contributed by atoms with Gasteiger partial charge in [-0.25, -0.2) is 4.39 Å². The Bertz CT molecular complexity index is 539. The summed E-state index contributed by atoms with van der Waals surface area (Å²) in [6.45, 7) is 4.46. The number of nitrogens with zero attached hydrogens (tertiary/aromatic N) is 2. The van der Waals surface area contributed by atoms with E-state index >= 15 is 0 Å². The molecule has 0 unspecified atom stereocenters. The van der Waals surface area contributed by atoms with Crippen molar-refractivity contribution in [2.75, 3.05) is 6.54 Å². The van der Waals surface area contributed by atoms with Crippen molar-refractivity contribution in [3.05, 3.63) is 52.0 Å². The summed E-state index contributed by atoms with van der Waals surface area (Å²) >= 11 is 3.28. The lowest BCUT2D eigenvalue weighted by Crippen LogP contribution is -2.18. The first-order valence-corrected chi connectivity index (χ1v) is 7.16. The first kappa shape index (κ1) is 14.2. The fourth-order valence-corrected chi connectivity index (χ4v) is 2.27. The second kappa shape index (κ2) is 6.82. The molecule has 0 spiro atoms. The zero-order chi connectivity index (χ0) is 13.7. The monoisotopic (exact) mass is 325 g/mol. The predicted molar refractivity (Wildman–Crippen MR) is 77.4 cm³/mol. The molecular formula is C14H17BrFN3. The molecule has 0 fully saturated rings. The molecule has 0 bridgehead atoms. The molecule has 0 saturated carbocycles. The third kappa shape index (κ3) is 3.64. The van der Waals surface area contributed by atoms with E-state index in [9.17, 15) is 4.39 Å². The molecule has 2 aromatic rings. The Labute approximate surface area is 121 Å².